The minimum atomic E-state index is -5.08. The number of aromatic nitrogens is 1. The van der Waals surface area contributed by atoms with Crippen LogP contribution in [0.1, 0.15) is 29.5 Å². The third-order valence-corrected chi connectivity index (χ3v) is 6.04. The highest BCUT2D eigenvalue weighted by molar-refractivity contribution is 5.99. The number of anilines is 1. The normalized spacial score (nSPS) is 19.7. The van der Waals surface area contributed by atoms with Crippen LogP contribution in [0.25, 0.3) is 0 Å². The standard InChI is InChI=1S/C22H24N4O3.C2HF3O2/c1-16-7-6-10-19(23-16)21(29)24-12-11-22(14-24)15-25(18-8-4-3-5-9-18)20(28)13-26(22)17(2)27;3-2(4,5)1(6)7/h3-10H,11-15H2,1-2H3;(H,6,7). The first-order valence-corrected chi connectivity index (χ1v) is 11.0. The first kappa shape index (κ1) is 26.6. The maximum Gasteiger partial charge on any atom is 0.490 e. The molecule has 0 saturated carbocycles. The zero-order valence-corrected chi connectivity index (χ0v) is 19.7. The van der Waals surface area contributed by atoms with Crippen LogP contribution in [0.4, 0.5) is 18.9 Å². The summed E-state index contributed by atoms with van der Waals surface area (Å²) in [5.41, 5.74) is 1.41. The number of likely N-dealkylation sites (tertiary alicyclic amines) is 1. The molecule has 36 heavy (non-hydrogen) atoms. The smallest absolute Gasteiger partial charge is 0.475 e. The summed E-state index contributed by atoms with van der Waals surface area (Å²) in [6.45, 7) is 4.64. The molecule has 1 aromatic heterocycles. The Morgan fingerprint density at radius 3 is 2.22 bits per heavy atom. The molecule has 0 bridgehead atoms. The van der Waals surface area contributed by atoms with E-state index in [0.29, 0.717) is 31.7 Å². The maximum atomic E-state index is 13.0. The number of carboxylic acids is 1. The van der Waals surface area contributed by atoms with Gasteiger partial charge in [0.05, 0.1) is 12.1 Å². The lowest BCUT2D eigenvalue weighted by molar-refractivity contribution is -0.192. The number of nitrogens with zero attached hydrogens (tertiary/aromatic N) is 4. The minimum absolute atomic E-state index is 0.0228. The van der Waals surface area contributed by atoms with E-state index in [9.17, 15) is 27.6 Å². The summed E-state index contributed by atoms with van der Waals surface area (Å²) < 4.78 is 31.7. The lowest BCUT2D eigenvalue weighted by Gasteiger charge is -2.48. The molecule has 9 nitrogen and oxygen atoms in total. The van der Waals surface area contributed by atoms with E-state index >= 15 is 0 Å². The molecule has 2 aromatic rings. The zero-order chi connectivity index (χ0) is 26.7. The number of rotatable bonds is 2. The molecule has 2 saturated heterocycles. The Hall–Kier alpha value is -3.96. The van der Waals surface area contributed by atoms with Gasteiger partial charge in [-0.1, -0.05) is 24.3 Å². The largest absolute Gasteiger partial charge is 0.490 e. The molecule has 1 N–H and O–H groups in total. The van der Waals surface area contributed by atoms with Crippen molar-refractivity contribution in [2.24, 2.45) is 0 Å². The van der Waals surface area contributed by atoms with E-state index in [0.717, 1.165) is 11.4 Å². The van der Waals surface area contributed by atoms with Gasteiger partial charge in [-0.3, -0.25) is 14.4 Å². The van der Waals surface area contributed by atoms with Gasteiger partial charge in [0.15, 0.2) is 0 Å². The molecule has 4 rings (SSSR count). The lowest BCUT2D eigenvalue weighted by Crippen LogP contribution is -2.67. The Morgan fingerprint density at radius 1 is 1.03 bits per heavy atom. The number of piperazine rings is 1. The third-order valence-electron chi connectivity index (χ3n) is 6.04. The highest BCUT2D eigenvalue weighted by atomic mass is 19.4. The predicted octanol–water partition coefficient (Wildman–Crippen LogP) is 2.50. The van der Waals surface area contributed by atoms with Crippen molar-refractivity contribution in [1.82, 2.24) is 14.8 Å². The van der Waals surface area contributed by atoms with Crippen LogP contribution in [0.2, 0.25) is 0 Å². The Morgan fingerprint density at radius 2 is 1.67 bits per heavy atom. The topological polar surface area (TPSA) is 111 Å². The Bertz CT molecular complexity index is 1160. The molecule has 2 fully saturated rings. The molecule has 2 aliphatic rings. The molecule has 3 heterocycles. The van der Waals surface area contributed by atoms with Crippen LogP contribution in [0, 0.1) is 6.92 Å². The second-order valence-electron chi connectivity index (χ2n) is 8.59. The molecule has 192 valence electrons. The van der Waals surface area contributed by atoms with Crippen LogP contribution in [0.15, 0.2) is 48.5 Å². The monoisotopic (exact) mass is 506 g/mol. The molecular formula is C24H25F3N4O5. The van der Waals surface area contributed by atoms with Crippen molar-refractivity contribution in [2.75, 3.05) is 31.1 Å². The minimum Gasteiger partial charge on any atom is -0.475 e. The molecular weight excluding hydrogens is 481 g/mol. The summed E-state index contributed by atoms with van der Waals surface area (Å²) in [5.74, 6) is -3.15. The molecule has 0 radical (unpaired) electrons. The first-order chi connectivity index (χ1) is 16.8. The molecule has 1 aromatic carbocycles. The van der Waals surface area contributed by atoms with E-state index in [1.807, 2.05) is 49.4 Å². The number of halogens is 3. The molecule has 12 heteroatoms. The SMILES string of the molecule is CC(=O)N1CC(=O)N(c2ccccc2)CC12CCN(C(=O)c1cccc(C)n1)C2.O=C(O)C(F)(F)F. The van der Waals surface area contributed by atoms with E-state index in [1.54, 1.807) is 20.8 Å². The molecule has 1 atom stereocenters. The third kappa shape index (κ3) is 5.81. The van der Waals surface area contributed by atoms with Gasteiger partial charge in [0, 0.05) is 31.4 Å². The number of pyridine rings is 1. The van der Waals surface area contributed by atoms with E-state index < -0.39 is 17.7 Å². The number of aliphatic carboxylic acids is 1. The fraction of sp³-hybridized carbons (Fsp3) is 0.375. The van der Waals surface area contributed by atoms with Crippen molar-refractivity contribution in [3.05, 3.63) is 59.9 Å². The number of carbonyl (C=O) groups is 4. The average Bonchev–Trinajstić information content (AvgIpc) is 3.24. The van der Waals surface area contributed by atoms with E-state index in [-0.39, 0.29) is 24.3 Å². The maximum absolute atomic E-state index is 13.0. The fourth-order valence-corrected chi connectivity index (χ4v) is 4.35. The number of amides is 3. The Labute approximate surface area is 205 Å². The Balaban J connectivity index is 0.000000454. The van der Waals surface area contributed by atoms with Gasteiger partial charge in [-0.05, 0) is 37.6 Å². The van der Waals surface area contributed by atoms with Gasteiger partial charge in [0.1, 0.15) is 12.2 Å². The lowest BCUT2D eigenvalue weighted by atomic mass is 9.91. The zero-order valence-electron chi connectivity index (χ0n) is 19.7. The van der Waals surface area contributed by atoms with Crippen molar-refractivity contribution in [3.8, 4) is 0 Å². The second-order valence-corrected chi connectivity index (χ2v) is 8.59. The average molecular weight is 506 g/mol. The second kappa shape index (κ2) is 10.3. The van der Waals surface area contributed by atoms with Crippen LogP contribution < -0.4 is 4.90 Å². The van der Waals surface area contributed by atoms with Gasteiger partial charge in [-0.25, -0.2) is 9.78 Å². The summed E-state index contributed by atoms with van der Waals surface area (Å²) in [4.78, 5) is 56.5. The molecule has 3 amide bonds. The van der Waals surface area contributed by atoms with Crippen LogP contribution in [0.5, 0.6) is 0 Å². The van der Waals surface area contributed by atoms with E-state index in [4.69, 9.17) is 9.90 Å². The molecule has 0 aliphatic carbocycles. The summed E-state index contributed by atoms with van der Waals surface area (Å²) in [6, 6.07) is 14.8. The number of benzene rings is 1. The molecule has 1 unspecified atom stereocenters. The van der Waals surface area contributed by atoms with Gasteiger partial charge in [-0.2, -0.15) is 13.2 Å². The van der Waals surface area contributed by atoms with Crippen LogP contribution >= 0.6 is 0 Å². The first-order valence-electron chi connectivity index (χ1n) is 11.0. The van der Waals surface area contributed by atoms with Gasteiger partial charge < -0.3 is 19.8 Å². The number of carbonyl (C=O) groups excluding carboxylic acids is 3. The highest BCUT2D eigenvalue weighted by Gasteiger charge is 2.51. The summed E-state index contributed by atoms with van der Waals surface area (Å²) in [5, 5.41) is 7.12. The number of hydrogen-bond donors (Lipinski definition) is 1. The van der Waals surface area contributed by atoms with Crippen LogP contribution in [0.3, 0.4) is 0 Å². The number of carboxylic acid groups (broad SMARTS) is 1. The van der Waals surface area contributed by atoms with Crippen molar-refractivity contribution in [1.29, 1.82) is 0 Å². The van der Waals surface area contributed by atoms with E-state index in [2.05, 4.69) is 4.98 Å². The van der Waals surface area contributed by atoms with Crippen LogP contribution in [-0.4, -0.2) is 81.5 Å². The van der Waals surface area contributed by atoms with E-state index in [1.165, 1.54) is 6.92 Å². The quantitative estimate of drug-likeness (QED) is 0.670. The van der Waals surface area contributed by atoms with Crippen LogP contribution in [-0.2, 0) is 14.4 Å². The summed E-state index contributed by atoms with van der Waals surface area (Å²) in [7, 11) is 0. The number of hydrogen-bond acceptors (Lipinski definition) is 5. The van der Waals surface area contributed by atoms with Gasteiger partial charge >= 0.3 is 12.1 Å². The molecule has 1 spiro atoms. The highest BCUT2D eigenvalue weighted by Crippen LogP contribution is 2.35. The number of aryl methyl sites for hydroxylation is 1. The fourth-order valence-electron chi connectivity index (χ4n) is 4.35. The summed E-state index contributed by atoms with van der Waals surface area (Å²) >= 11 is 0. The van der Waals surface area contributed by atoms with Crippen molar-refractivity contribution < 1.29 is 37.5 Å². The summed E-state index contributed by atoms with van der Waals surface area (Å²) in [6.07, 6.45) is -4.46. The van der Waals surface area contributed by atoms with Crippen molar-refractivity contribution in [2.45, 2.75) is 32.0 Å². The molecule has 2 aliphatic heterocycles. The van der Waals surface area contributed by atoms with Gasteiger partial charge in [0.25, 0.3) is 5.91 Å². The van der Waals surface area contributed by atoms with Crippen molar-refractivity contribution >= 4 is 29.4 Å². The van der Waals surface area contributed by atoms with Gasteiger partial charge in [0.2, 0.25) is 11.8 Å². The van der Waals surface area contributed by atoms with Gasteiger partial charge in [-0.15, -0.1) is 0 Å². The Kier molecular flexibility index (Phi) is 7.65. The number of para-hydroxylation sites is 1. The van der Waals surface area contributed by atoms with Crippen molar-refractivity contribution in [3.63, 3.8) is 0 Å². The predicted molar refractivity (Wildman–Crippen MR) is 122 cm³/mol. The number of alkyl halides is 3.